The number of aromatic nitrogens is 1. The first-order valence-corrected chi connectivity index (χ1v) is 16.2. The fourth-order valence-electron chi connectivity index (χ4n) is 6.48. The van der Waals surface area contributed by atoms with Gasteiger partial charge in [0.15, 0.2) is 0 Å². The van der Waals surface area contributed by atoms with Gasteiger partial charge in [0, 0.05) is 22.8 Å². The average Bonchev–Trinajstić information content (AvgIpc) is 3.54. The predicted octanol–water partition coefficient (Wildman–Crippen LogP) is 13.0. The van der Waals surface area contributed by atoms with Crippen LogP contribution in [0.3, 0.4) is 0 Å². The zero-order valence-corrected chi connectivity index (χ0v) is 26.4. The Kier molecular flexibility index (Phi) is 7.69. The van der Waals surface area contributed by atoms with Gasteiger partial charge in [0.25, 0.3) is 0 Å². The van der Waals surface area contributed by atoms with E-state index in [9.17, 15) is 13.2 Å². The van der Waals surface area contributed by atoms with Crippen LogP contribution in [-0.2, 0) is 6.18 Å². The monoisotopic (exact) mass is 641 g/mol. The second-order valence-corrected chi connectivity index (χ2v) is 12.2. The van der Waals surface area contributed by atoms with Crippen molar-refractivity contribution in [2.24, 2.45) is 0 Å². The van der Waals surface area contributed by atoms with Crippen LogP contribution >= 0.6 is 0 Å². The summed E-state index contributed by atoms with van der Waals surface area (Å²) in [5.41, 5.74) is 12.2. The van der Waals surface area contributed by atoms with Gasteiger partial charge >= 0.3 is 6.18 Å². The van der Waals surface area contributed by atoms with Crippen molar-refractivity contribution in [1.82, 2.24) is 4.57 Å². The van der Waals surface area contributed by atoms with E-state index in [0.29, 0.717) is 0 Å². The summed E-state index contributed by atoms with van der Waals surface area (Å²) in [4.78, 5) is 0. The standard InChI is InChI=1S/C45H30F3N/c46-45(47,48)40-24-19-35(20-25-40)36-21-26-41(27-22-36)49-30-43(38-17-15-34(16-18-38)32-9-5-2-6-10-32)42-29-39(23-28-44(42)49)37-13-11-33(12-14-37)31-7-3-1-4-8-31/h1-30H. The molecule has 0 aliphatic carbocycles. The van der Waals surface area contributed by atoms with Crippen molar-refractivity contribution in [3.63, 3.8) is 0 Å². The van der Waals surface area contributed by atoms with E-state index in [1.54, 1.807) is 0 Å². The number of benzene rings is 7. The van der Waals surface area contributed by atoms with Crippen molar-refractivity contribution in [2.75, 3.05) is 0 Å². The molecule has 0 spiro atoms. The van der Waals surface area contributed by atoms with E-state index in [2.05, 4.69) is 114 Å². The van der Waals surface area contributed by atoms with Crippen molar-refractivity contribution < 1.29 is 13.2 Å². The average molecular weight is 642 g/mol. The highest BCUT2D eigenvalue weighted by atomic mass is 19.4. The molecule has 8 rings (SSSR count). The van der Waals surface area contributed by atoms with Gasteiger partial charge in [-0.15, -0.1) is 0 Å². The largest absolute Gasteiger partial charge is 0.416 e. The van der Waals surface area contributed by atoms with Gasteiger partial charge in [-0.25, -0.2) is 0 Å². The van der Waals surface area contributed by atoms with E-state index in [0.717, 1.165) is 67.7 Å². The number of fused-ring (bicyclic) bond motifs is 1. The normalized spacial score (nSPS) is 11.6. The summed E-state index contributed by atoms with van der Waals surface area (Å²) < 4.78 is 41.5. The zero-order chi connectivity index (χ0) is 33.4. The number of nitrogens with zero attached hydrogens (tertiary/aromatic N) is 1. The first-order chi connectivity index (χ1) is 23.9. The van der Waals surface area contributed by atoms with Gasteiger partial charge in [-0.2, -0.15) is 13.2 Å². The molecule has 0 N–H and O–H groups in total. The van der Waals surface area contributed by atoms with Crippen molar-refractivity contribution in [3.05, 3.63) is 188 Å². The summed E-state index contributed by atoms with van der Waals surface area (Å²) in [7, 11) is 0. The molecule has 0 aliphatic heterocycles. The lowest BCUT2D eigenvalue weighted by molar-refractivity contribution is -0.137. The van der Waals surface area contributed by atoms with Crippen molar-refractivity contribution >= 4 is 10.9 Å². The first-order valence-electron chi connectivity index (χ1n) is 16.2. The van der Waals surface area contributed by atoms with Crippen LogP contribution in [0.5, 0.6) is 0 Å². The van der Waals surface area contributed by atoms with Crippen LogP contribution < -0.4 is 0 Å². The topological polar surface area (TPSA) is 4.93 Å². The SMILES string of the molecule is FC(F)(F)c1ccc(-c2ccc(-n3cc(-c4ccc(-c5ccccc5)cc4)c4cc(-c5ccc(-c6ccccc6)cc5)ccc43)cc2)cc1. The Morgan fingerprint density at radius 1 is 0.367 bits per heavy atom. The van der Waals surface area contributed by atoms with E-state index < -0.39 is 11.7 Å². The molecule has 1 heterocycles. The third-order valence-electron chi connectivity index (χ3n) is 9.12. The van der Waals surface area contributed by atoms with Gasteiger partial charge < -0.3 is 4.57 Å². The number of alkyl halides is 3. The molecule has 8 aromatic rings. The number of rotatable bonds is 6. The van der Waals surface area contributed by atoms with E-state index in [1.807, 2.05) is 48.5 Å². The Hall–Kier alpha value is -6.13. The smallest absolute Gasteiger partial charge is 0.316 e. The summed E-state index contributed by atoms with van der Waals surface area (Å²) in [6.07, 6.45) is -2.18. The maximum absolute atomic E-state index is 13.1. The van der Waals surface area contributed by atoms with Crippen LogP contribution in [0.2, 0.25) is 0 Å². The number of halogens is 3. The van der Waals surface area contributed by atoms with Gasteiger partial charge in [-0.05, 0) is 86.5 Å². The molecule has 0 aliphatic rings. The molecule has 7 aromatic carbocycles. The lowest BCUT2D eigenvalue weighted by atomic mass is 9.97. The molecular weight excluding hydrogens is 611 g/mol. The lowest BCUT2D eigenvalue weighted by Gasteiger charge is -2.10. The maximum Gasteiger partial charge on any atom is 0.416 e. The summed E-state index contributed by atoms with van der Waals surface area (Å²) in [6, 6.07) is 58.0. The molecule has 0 atom stereocenters. The highest BCUT2D eigenvalue weighted by Crippen LogP contribution is 2.38. The van der Waals surface area contributed by atoms with Gasteiger partial charge in [-0.3, -0.25) is 0 Å². The third-order valence-corrected chi connectivity index (χ3v) is 9.12. The molecule has 0 radical (unpaired) electrons. The molecular formula is C45H30F3N. The molecule has 4 heteroatoms. The van der Waals surface area contributed by atoms with Crippen molar-refractivity contribution in [1.29, 1.82) is 0 Å². The molecule has 0 fully saturated rings. The minimum absolute atomic E-state index is 0.650. The lowest BCUT2D eigenvalue weighted by Crippen LogP contribution is -2.03. The number of hydrogen-bond acceptors (Lipinski definition) is 0. The summed E-state index contributed by atoms with van der Waals surface area (Å²) in [5.74, 6) is 0. The van der Waals surface area contributed by atoms with Gasteiger partial charge in [-0.1, -0.05) is 140 Å². The Bertz CT molecular complexity index is 2350. The maximum atomic E-state index is 13.1. The molecule has 0 saturated carbocycles. The Labute approximate surface area is 283 Å². The minimum atomic E-state index is -4.36. The fourth-order valence-corrected chi connectivity index (χ4v) is 6.48. The highest BCUT2D eigenvalue weighted by molar-refractivity contribution is 6.00. The molecule has 0 amide bonds. The van der Waals surface area contributed by atoms with E-state index in [4.69, 9.17) is 0 Å². The van der Waals surface area contributed by atoms with Crippen LogP contribution in [0.25, 0.3) is 72.2 Å². The molecule has 236 valence electrons. The molecule has 0 bridgehead atoms. The van der Waals surface area contributed by atoms with Gasteiger partial charge in [0.05, 0.1) is 11.1 Å². The summed E-state index contributed by atoms with van der Waals surface area (Å²) in [5, 5.41) is 1.13. The Morgan fingerprint density at radius 3 is 1.24 bits per heavy atom. The summed E-state index contributed by atoms with van der Waals surface area (Å²) in [6.45, 7) is 0. The molecule has 0 unspecified atom stereocenters. The van der Waals surface area contributed by atoms with E-state index in [1.165, 1.54) is 28.8 Å². The molecule has 1 nitrogen and oxygen atoms in total. The Balaban J connectivity index is 1.19. The van der Waals surface area contributed by atoms with Crippen LogP contribution in [0.1, 0.15) is 5.56 Å². The van der Waals surface area contributed by atoms with Gasteiger partial charge in [0.1, 0.15) is 0 Å². The first kappa shape index (κ1) is 30.2. The van der Waals surface area contributed by atoms with Crippen LogP contribution in [-0.4, -0.2) is 4.57 Å². The highest BCUT2D eigenvalue weighted by Gasteiger charge is 2.30. The van der Waals surface area contributed by atoms with Crippen molar-refractivity contribution in [3.8, 4) is 61.3 Å². The summed E-state index contributed by atoms with van der Waals surface area (Å²) >= 11 is 0. The zero-order valence-electron chi connectivity index (χ0n) is 26.4. The quantitative estimate of drug-likeness (QED) is 0.170. The predicted molar refractivity (Wildman–Crippen MR) is 195 cm³/mol. The van der Waals surface area contributed by atoms with Crippen LogP contribution in [0.15, 0.2) is 182 Å². The molecule has 1 aromatic heterocycles. The van der Waals surface area contributed by atoms with Crippen LogP contribution in [0, 0.1) is 0 Å². The van der Waals surface area contributed by atoms with E-state index >= 15 is 0 Å². The van der Waals surface area contributed by atoms with Crippen LogP contribution in [0.4, 0.5) is 13.2 Å². The van der Waals surface area contributed by atoms with Crippen molar-refractivity contribution in [2.45, 2.75) is 6.18 Å². The second kappa shape index (κ2) is 12.5. The minimum Gasteiger partial charge on any atom is -0.316 e. The molecule has 49 heavy (non-hydrogen) atoms. The molecule has 0 saturated heterocycles. The number of hydrogen-bond donors (Lipinski definition) is 0. The Morgan fingerprint density at radius 2 is 0.755 bits per heavy atom. The fraction of sp³-hybridized carbons (Fsp3) is 0.0222. The second-order valence-electron chi connectivity index (χ2n) is 12.2. The van der Waals surface area contributed by atoms with Gasteiger partial charge in [0.2, 0.25) is 0 Å². The third kappa shape index (κ3) is 6.05. The van der Waals surface area contributed by atoms with E-state index in [-0.39, 0.29) is 0 Å².